The quantitative estimate of drug-likeness (QED) is 0.527. The third-order valence-electron chi connectivity index (χ3n) is 6.11. The number of para-hydroxylation sites is 1. The molecule has 2 aromatic carbocycles. The van der Waals surface area contributed by atoms with Crippen LogP contribution in [-0.2, 0) is 16.1 Å². The Bertz CT molecular complexity index is 925. The van der Waals surface area contributed by atoms with Gasteiger partial charge in [-0.05, 0) is 48.6 Å². The highest BCUT2D eigenvalue weighted by Gasteiger charge is 2.34. The lowest BCUT2D eigenvalue weighted by Gasteiger charge is -2.37. The Morgan fingerprint density at radius 2 is 1.61 bits per heavy atom. The number of amides is 2. The molecule has 1 unspecified atom stereocenters. The third-order valence-corrected chi connectivity index (χ3v) is 6.11. The Balaban J connectivity index is 1.21. The number of carbonyl (C=O) groups is 2. The van der Waals surface area contributed by atoms with E-state index in [0.29, 0.717) is 32.1 Å². The molecule has 0 aromatic heterocycles. The zero-order valence-corrected chi connectivity index (χ0v) is 18.6. The van der Waals surface area contributed by atoms with Gasteiger partial charge in [-0.1, -0.05) is 30.3 Å². The number of piperazine rings is 1. The molecule has 1 aliphatic carbocycles. The van der Waals surface area contributed by atoms with E-state index < -0.39 is 24.0 Å². The van der Waals surface area contributed by atoms with Crippen molar-refractivity contribution in [2.24, 2.45) is 5.92 Å². The summed E-state index contributed by atoms with van der Waals surface area (Å²) in [6.45, 7) is 2.96. The van der Waals surface area contributed by atoms with Gasteiger partial charge in [0.2, 0.25) is 0 Å². The highest BCUT2D eigenvalue weighted by Crippen LogP contribution is 2.29. The lowest BCUT2D eigenvalue weighted by molar-refractivity contribution is -0.153. The maximum atomic E-state index is 12.6. The lowest BCUT2D eigenvalue weighted by Crippen LogP contribution is -2.55. The van der Waals surface area contributed by atoms with Crippen LogP contribution in [0.2, 0.25) is 0 Å². The minimum atomic E-state index is -1.83. The van der Waals surface area contributed by atoms with Gasteiger partial charge in [0.25, 0.3) is 11.8 Å². The van der Waals surface area contributed by atoms with E-state index in [9.17, 15) is 19.8 Å². The predicted molar refractivity (Wildman–Crippen MR) is 124 cm³/mol. The van der Waals surface area contributed by atoms with Gasteiger partial charge in [-0.15, -0.1) is 0 Å². The van der Waals surface area contributed by atoms with Gasteiger partial charge >= 0.3 is 0 Å². The van der Waals surface area contributed by atoms with Crippen LogP contribution in [0.15, 0.2) is 54.6 Å². The Kier molecular flexibility index (Phi) is 7.47. The molecule has 2 aromatic rings. The molecule has 4 rings (SSSR count). The minimum absolute atomic E-state index is 0.176. The second kappa shape index (κ2) is 10.7. The molecule has 1 saturated carbocycles. The Hall–Kier alpha value is -3.10. The maximum absolute atomic E-state index is 12.6. The predicted octanol–water partition coefficient (Wildman–Crippen LogP) is 1.16. The lowest BCUT2D eigenvalue weighted by atomic mass is 10.1. The third kappa shape index (κ3) is 6.24. The number of rotatable bonds is 9. The van der Waals surface area contributed by atoms with E-state index in [4.69, 9.17) is 4.74 Å². The minimum Gasteiger partial charge on any atom is -0.493 e. The van der Waals surface area contributed by atoms with E-state index in [0.717, 1.165) is 23.6 Å². The summed E-state index contributed by atoms with van der Waals surface area (Å²) in [7, 11) is 0. The van der Waals surface area contributed by atoms with Crippen LogP contribution in [0.4, 0.5) is 5.69 Å². The number of benzene rings is 2. The van der Waals surface area contributed by atoms with Crippen molar-refractivity contribution in [3.8, 4) is 5.75 Å². The van der Waals surface area contributed by atoms with Crippen molar-refractivity contribution in [2.75, 3.05) is 37.7 Å². The molecule has 33 heavy (non-hydrogen) atoms. The first-order valence-corrected chi connectivity index (χ1v) is 11.5. The van der Waals surface area contributed by atoms with Gasteiger partial charge < -0.3 is 30.1 Å². The summed E-state index contributed by atoms with van der Waals surface area (Å²) in [5.74, 6) is 0.0353. The molecule has 1 aliphatic heterocycles. The first-order valence-electron chi connectivity index (χ1n) is 11.5. The van der Waals surface area contributed by atoms with Crippen molar-refractivity contribution >= 4 is 17.5 Å². The highest BCUT2D eigenvalue weighted by molar-refractivity contribution is 5.90. The molecule has 2 amide bonds. The monoisotopic (exact) mass is 453 g/mol. The number of carbonyl (C=O) groups excluding carboxylic acids is 2. The van der Waals surface area contributed by atoms with Crippen molar-refractivity contribution in [1.29, 1.82) is 0 Å². The summed E-state index contributed by atoms with van der Waals surface area (Å²) < 4.78 is 5.69. The van der Waals surface area contributed by atoms with Crippen LogP contribution in [-0.4, -0.2) is 71.9 Å². The maximum Gasteiger partial charge on any atom is 0.254 e. The number of hydrogen-bond donors (Lipinski definition) is 3. The SMILES string of the molecule is O=C(NCc1ccc(OCC2CC2)cc1)C(O)[C@@H](O)C(=O)N1CCN(c2ccccc2)CC1. The second-order valence-electron chi connectivity index (χ2n) is 8.65. The topological polar surface area (TPSA) is 102 Å². The average Bonchev–Trinajstić information content (AvgIpc) is 3.70. The molecular formula is C25H31N3O5. The number of aliphatic hydroxyl groups is 2. The van der Waals surface area contributed by atoms with E-state index >= 15 is 0 Å². The smallest absolute Gasteiger partial charge is 0.254 e. The van der Waals surface area contributed by atoms with Gasteiger partial charge in [0.1, 0.15) is 5.75 Å². The van der Waals surface area contributed by atoms with Crippen LogP contribution >= 0.6 is 0 Å². The molecule has 1 heterocycles. The van der Waals surface area contributed by atoms with Crippen molar-refractivity contribution in [2.45, 2.75) is 31.6 Å². The van der Waals surface area contributed by atoms with E-state index in [2.05, 4.69) is 10.2 Å². The fraction of sp³-hybridized carbons (Fsp3) is 0.440. The van der Waals surface area contributed by atoms with Crippen LogP contribution in [0.5, 0.6) is 5.75 Å². The Morgan fingerprint density at radius 3 is 2.24 bits per heavy atom. The van der Waals surface area contributed by atoms with Crippen molar-refractivity contribution in [3.05, 3.63) is 60.2 Å². The zero-order valence-electron chi connectivity index (χ0n) is 18.6. The summed E-state index contributed by atoms with van der Waals surface area (Å²) >= 11 is 0. The number of anilines is 1. The summed E-state index contributed by atoms with van der Waals surface area (Å²) in [5, 5.41) is 23.1. The highest BCUT2D eigenvalue weighted by atomic mass is 16.5. The summed E-state index contributed by atoms with van der Waals surface area (Å²) in [4.78, 5) is 28.6. The number of hydrogen-bond acceptors (Lipinski definition) is 6. The van der Waals surface area contributed by atoms with Crippen LogP contribution in [0.1, 0.15) is 18.4 Å². The largest absolute Gasteiger partial charge is 0.493 e. The van der Waals surface area contributed by atoms with Crippen molar-refractivity contribution < 1.29 is 24.5 Å². The van der Waals surface area contributed by atoms with Gasteiger partial charge in [-0.3, -0.25) is 9.59 Å². The molecule has 8 nitrogen and oxygen atoms in total. The average molecular weight is 454 g/mol. The second-order valence-corrected chi connectivity index (χ2v) is 8.65. The van der Waals surface area contributed by atoms with Crippen LogP contribution in [0, 0.1) is 5.92 Å². The summed E-state index contributed by atoms with van der Waals surface area (Å²) in [5.41, 5.74) is 1.90. The molecular weight excluding hydrogens is 422 g/mol. The van der Waals surface area contributed by atoms with Crippen molar-refractivity contribution in [1.82, 2.24) is 10.2 Å². The molecule has 3 N–H and O–H groups in total. The van der Waals surface area contributed by atoms with Crippen LogP contribution in [0.25, 0.3) is 0 Å². The number of aliphatic hydroxyl groups excluding tert-OH is 2. The standard InChI is InChI=1S/C25H31N3O5/c29-22(24(31)26-16-18-8-10-21(11-9-18)33-17-19-6-7-19)23(30)25(32)28-14-12-27(13-15-28)20-4-2-1-3-5-20/h1-5,8-11,19,22-23,29-30H,6-7,12-17H2,(H,26,31)/t22?,23-/m1/s1. The molecule has 2 fully saturated rings. The van der Waals surface area contributed by atoms with Gasteiger partial charge in [-0.25, -0.2) is 0 Å². The van der Waals surface area contributed by atoms with Crippen molar-refractivity contribution in [3.63, 3.8) is 0 Å². The summed E-state index contributed by atoms with van der Waals surface area (Å²) in [6, 6.07) is 17.2. The first-order chi connectivity index (χ1) is 16.0. The van der Waals surface area contributed by atoms with E-state index in [1.165, 1.54) is 17.7 Å². The fourth-order valence-corrected chi connectivity index (χ4v) is 3.79. The normalized spacial score (nSPS) is 17.9. The van der Waals surface area contributed by atoms with Gasteiger partial charge in [0, 0.05) is 38.4 Å². The number of nitrogens with zero attached hydrogens (tertiary/aromatic N) is 2. The summed E-state index contributed by atoms with van der Waals surface area (Å²) in [6.07, 6.45) is -1.17. The van der Waals surface area contributed by atoms with E-state index in [-0.39, 0.29) is 6.54 Å². The first kappa shape index (κ1) is 23.1. The Labute approximate surface area is 193 Å². The molecule has 1 saturated heterocycles. The van der Waals surface area contributed by atoms with E-state index in [1.807, 2.05) is 54.6 Å². The molecule has 0 spiro atoms. The molecule has 0 radical (unpaired) electrons. The molecule has 176 valence electrons. The zero-order chi connectivity index (χ0) is 23.2. The van der Waals surface area contributed by atoms with Gasteiger partial charge in [0.15, 0.2) is 12.2 Å². The van der Waals surface area contributed by atoms with Crippen LogP contribution < -0.4 is 15.0 Å². The Morgan fingerprint density at radius 1 is 0.939 bits per heavy atom. The van der Waals surface area contributed by atoms with Gasteiger partial charge in [0.05, 0.1) is 6.61 Å². The number of ether oxygens (including phenoxy) is 1. The molecule has 2 atom stereocenters. The fourth-order valence-electron chi connectivity index (χ4n) is 3.79. The molecule has 2 aliphatic rings. The molecule has 0 bridgehead atoms. The molecule has 8 heteroatoms. The van der Waals surface area contributed by atoms with Gasteiger partial charge in [-0.2, -0.15) is 0 Å². The number of nitrogens with one attached hydrogen (secondary N) is 1. The van der Waals surface area contributed by atoms with E-state index in [1.54, 1.807) is 0 Å². The van der Waals surface area contributed by atoms with Crippen LogP contribution in [0.3, 0.4) is 0 Å².